The van der Waals surface area contributed by atoms with Crippen LogP contribution in [-0.4, -0.2) is 26.6 Å². The quantitative estimate of drug-likeness (QED) is 0.311. The molecule has 34 heavy (non-hydrogen) atoms. The molecular weight excluding hydrogens is 511 g/mol. The number of nitrogens with one attached hydrogen (secondary N) is 2. The first-order valence-electron chi connectivity index (χ1n) is 10.6. The van der Waals surface area contributed by atoms with Crippen molar-refractivity contribution in [2.24, 2.45) is 0 Å². The van der Waals surface area contributed by atoms with E-state index in [1.54, 1.807) is 55.1 Å². The predicted molar refractivity (Wildman–Crippen MR) is 143 cm³/mol. The van der Waals surface area contributed by atoms with Crippen LogP contribution in [0, 0.1) is 20.8 Å². The number of thioether (sulfide) groups is 1. The Morgan fingerprint density at radius 3 is 2.32 bits per heavy atom. The summed E-state index contributed by atoms with van der Waals surface area (Å²) in [5.41, 5.74) is 4.09. The lowest BCUT2D eigenvalue weighted by molar-refractivity contribution is 0.0956. The molecule has 0 spiro atoms. The zero-order valence-corrected chi connectivity index (χ0v) is 22.3. The van der Waals surface area contributed by atoms with Gasteiger partial charge >= 0.3 is 0 Å². The number of sulfonamides is 1. The molecule has 0 bridgehead atoms. The fourth-order valence-electron chi connectivity index (χ4n) is 3.34. The Labute approximate surface area is 215 Å². The molecule has 0 aliphatic rings. The second-order valence-corrected chi connectivity index (χ2v) is 11.5. The first-order chi connectivity index (χ1) is 16.1. The zero-order chi connectivity index (χ0) is 24.9. The highest BCUT2D eigenvalue weighted by atomic mass is 35.5. The molecule has 0 radical (unpaired) electrons. The number of carbonyl (C=O) groups excluding carboxylic acids is 1. The highest BCUT2D eigenvalue weighted by Gasteiger charge is 2.20. The number of halogens is 2. The third-order valence-electron chi connectivity index (χ3n) is 5.21. The third-order valence-corrected chi connectivity index (χ3v) is 8.41. The average molecular weight is 538 g/mol. The summed E-state index contributed by atoms with van der Waals surface area (Å²) < 4.78 is 28.7. The predicted octanol–water partition coefficient (Wildman–Crippen LogP) is 6.38. The van der Waals surface area contributed by atoms with Gasteiger partial charge in [0.1, 0.15) is 0 Å². The van der Waals surface area contributed by atoms with Crippen molar-refractivity contribution >= 4 is 56.6 Å². The molecule has 3 rings (SSSR count). The maximum Gasteiger partial charge on any atom is 0.262 e. The van der Waals surface area contributed by atoms with E-state index in [-0.39, 0.29) is 16.4 Å². The number of hydrogen-bond acceptors (Lipinski definition) is 4. The SMILES string of the molecule is Cc1ccc(NS(=O)(=O)c2cc(C(=O)NCCSCc3c(Cl)cccc3Cl)ccc2C)c(C)c1. The lowest BCUT2D eigenvalue weighted by atomic mass is 10.1. The first-order valence-corrected chi connectivity index (χ1v) is 14.0. The zero-order valence-electron chi connectivity index (χ0n) is 19.1. The Kier molecular flexibility index (Phi) is 8.93. The summed E-state index contributed by atoms with van der Waals surface area (Å²) in [5, 5.41) is 4.07. The van der Waals surface area contributed by atoms with Crippen LogP contribution in [0.25, 0.3) is 0 Å². The van der Waals surface area contributed by atoms with Gasteiger partial charge in [-0.3, -0.25) is 9.52 Å². The minimum atomic E-state index is -3.86. The molecule has 180 valence electrons. The summed E-state index contributed by atoms with van der Waals surface area (Å²) in [6, 6.07) is 15.6. The van der Waals surface area contributed by atoms with Crippen LogP contribution in [0.1, 0.15) is 32.6 Å². The second-order valence-electron chi connectivity index (χ2n) is 7.91. The normalized spacial score (nSPS) is 11.3. The molecule has 1 amide bonds. The van der Waals surface area contributed by atoms with Crippen molar-refractivity contribution in [2.45, 2.75) is 31.4 Å². The van der Waals surface area contributed by atoms with Crippen molar-refractivity contribution in [3.63, 3.8) is 0 Å². The van der Waals surface area contributed by atoms with E-state index in [4.69, 9.17) is 23.2 Å². The van der Waals surface area contributed by atoms with Crippen LogP contribution >= 0.6 is 35.0 Å². The number of hydrogen-bond donors (Lipinski definition) is 2. The van der Waals surface area contributed by atoms with Gasteiger partial charge in [0.2, 0.25) is 0 Å². The van der Waals surface area contributed by atoms with Crippen LogP contribution in [0.2, 0.25) is 10.0 Å². The number of anilines is 1. The maximum atomic E-state index is 13.1. The molecule has 0 saturated heterocycles. The van der Waals surface area contributed by atoms with Gasteiger partial charge in [0, 0.05) is 33.7 Å². The van der Waals surface area contributed by atoms with Crippen LogP contribution in [0.3, 0.4) is 0 Å². The van der Waals surface area contributed by atoms with E-state index >= 15 is 0 Å². The molecule has 9 heteroatoms. The Morgan fingerprint density at radius 1 is 0.941 bits per heavy atom. The van der Waals surface area contributed by atoms with Crippen LogP contribution in [0.15, 0.2) is 59.5 Å². The van der Waals surface area contributed by atoms with E-state index in [9.17, 15) is 13.2 Å². The van der Waals surface area contributed by atoms with Gasteiger partial charge in [-0.2, -0.15) is 11.8 Å². The molecule has 5 nitrogen and oxygen atoms in total. The van der Waals surface area contributed by atoms with E-state index < -0.39 is 10.0 Å². The lowest BCUT2D eigenvalue weighted by Gasteiger charge is -2.14. The number of carbonyl (C=O) groups is 1. The molecule has 3 aromatic rings. The standard InChI is InChI=1S/C25H26Cl2N2O3S2/c1-16-7-10-23(18(3)13-16)29-34(31,32)24-14-19(9-8-17(24)2)25(30)28-11-12-33-15-20-21(26)5-4-6-22(20)27/h4-10,13-14,29H,11-12,15H2,1-3H3,(H,28,30). The van der Waals surface area contributed by atoms with E-state index in [2.05, 4.69) is 10.0 Å². The molecule has 0 aromatic heterocycles. The smallest absolute Gasteiger partial charge is 0.262 e. The first kappa shape index (κ1) is 26.4. The summed E-state index contributed by atoms with van der Waals surface area (Å²) >= 11 is 14.0. The maximum absolute atomic E-state index is 13.1. The Hall–Kier alpha value is -2.19. The summed E-state index contributed by atoms with van der Waals surface area (Å²) in [6.07, 6.45) is 0. The number of amides is 1. The highest BCUT2D eigenvalue weighted by molar-refractivity contribution is 7.98. The van der Waals surface area contributed by atoms with Gasteiger partial charge in [-0.25, -0.2) is 8.42 Å². The Balaban J connectivity index is 1.62. The van der Waals surface area contributed by atoms with E-state index in [1.807, 2.05) is 26.0 Å². The molecule has 2 N–H and O–H groups in total. The molecule has 0 unspecified atom stereocenters. The van der Waals surface area contributed by atoms with Crippen molar-refractivity contribution in [1.29, 1.82) is 0 Å². The molecule has 0 atom stereocenters. The van der Waals surface area contributed by atoms with Gasteiger partial charge in [-0.1, -0.05) is 53.0 Å². The largest absolute Gasteiger partial charge is 0.351 e. The minimum Gasteiger partial charge on any atom is -0.351 e. The van der Waals surface area contributed by atoms with Gasteiger partial charge in [-0.05, 0) is 67.8 Å². The topological polar surface area (TPSA) is 75.3 Å². The van der Waals surface area contributed by atoms with Crippen molar-refractivity contribution in [2.75, 3.05) is 17.0 Å². The van der Waals surface area contributed by atoms with Crippen molar-refractivity contribution in [3.05, 3.63) is 92.5 Å². The molecule has 0 fully saturated rings. The number of aryl methyl sites for hydroxylation is 3. The Bertz CT molecular complexity index is 1290. The fourth-order valence-corrected chi connectivity index (χ4v) is 6.34. The number of benzene rings is 3. The minimum absolute atomic E-state index is 0.0721. The van der Waals surface area contributed by atoms with Crippen LogP contribution < -0.4 is 10.0 Å². The van der Waals surface area contributed by atoms with Crippen molar-refractivity contribution < 1.29 is 13.2 Å². The van der Waals surface area contributed by atoms with Crippen LogP contribution in [0.5, 0.6) is 0 Å². The third kappa shape index (κ3) is 6.69. The molecule has 0 aliphatic heterocycles. The number of rotatable bonds is 9. The monoisotopic (exact) mass is 536 g/mol. The highest BCUT2D eigenvalue weighted by Crippen LogP contribution is 2.28. The summed E-state index contributed by atoms with van der Waals surface area (Å²) in [4.78, 5) is 12.7. The van der Waals surface area contributed by atoms with E-state index in [0.29, 0.717) is 39.3 Å². The molecular formula is C25H26Cl2N2O3S2. The summed E-state index contributed by atoms with van der Waals surface area (Å²) in [5.74, 6) is 0.948. The van der Waals surface area contributed by atoms with Gasteiger partial charge < -0.3 is 5.32 Å². The molecule has 0 aliphatic carbocycles. The lowest BCUT2D eigenvalue weighted by Crippen LogP contribution is -2.26. The Morgan fingerprint density at radius 2 is 1.65 bits per heavy atom. The molecule has 0 saturated carbocycles. The van der Waals surface area contributed by atoms with Crippen molar-refractivity contribution in [3.8, 4) is 0 Å². The van der Waals surface area contributed by atoms with E-state index in [0.717, 1.165) is 16.7 Å². The van der Waals surface area contributed by atoms with Crippen molar-refractivity contribution in [1.82, 2.24) is 5.32 Å². The summed E-state index contributed by atoms with van der Waals surface area (Å²) in [6.45, 7) is 5.92. The van der Waals surface area contributed by atoms with Gasteiger partial charge in [0.05, 0.1) is 10.6 Å². The van der Waals surface area contributed by atoms with Gasteiger partial charge in [0.15, 0.2) is 0 Å². The second kappa shape index (κ2) is 11.5. The summed E-state index contributed by atoms with van der Waals surface area (Å²) in [7, 11) is -3.86. The van der Waals surface area contributed by atoms with Gasteiger partial charge in [-0.15, -0.1) is 0 Å². The van der Waals surface area contributed by atoms with Crippen LogP contribution in [-0.2, 0) is 15.8 Å². The van der Waals surface area contributed by atoms with E-state index in [1.165, 1.54) is 6.07 Å². The molecule has 0 heterocycles. The fraction of sp³-hybridized carbons (Fsp3) is 0.240. The average Bonchev–Trinajstić information content (AvgIpc) is 2.77. The van der Waals surface area contributed by atoms with Crippen LogP contribution in [0.4, 0.5) is 5.69 Å². The van der Waals surface area contributed by atoms with Gasteiger partial charge in [0.25, 0.3) is 15.9 Å². The molecule has 3 aromatic carbocycles.